The van der Waals surface area contributed by atoms with Crippen molar-refractivity contribution in [3.8, 4) is 5.75 Å². The topological polar surface area (TPSA) is 81.7 Å². The van der Waals surface area contributed by atoms with Gasteiger partial charge in [-0.2, -0.15) is 0 Å². The summed E-state index contributed by atoms with van der Waals surface area (Å²) in [4.78, 5) is 0. The third-order valence-corrected chi connectivity index (χ3v) is 9.22. The zero-order chi connectivity index (χ0) is 25.0. The molecule has 8 nitrogen and oxygen atoms in total. The number of hydrogen-bond donors (Lipinski definition) is 0. The monoisotopic (exact) mass is 498 g/mol. The fraction of sp³-hybridized carbons (Fsp3) is 0.750. The van der Waals surface area contributed by atoms with Crippen LogP contribution in [0, 0.1) is 0 Å². The summed E-state index contributed by atoms with van der Waals surface area (Å²) in [6.45, 7) is 9.17. The zero-order valence-corrected chi connectivity index (χ0v) is 22.5. The third-order valence-electron chi connectivity index (χ3n) is 7.24. The lowest BCUT2D eigenvalue weighted by atomic mass is 9.69. The Morgan fingerprint density at radius 2 is 1.65 bits per heavy atom. The van der Waals surface area contributed by atoms with Crippen LogP contribution < -0.4 is 4.74 Å². The summed E-state index contributed by atoms with van der Waals surface area (Å²) < 4.78 is 53.6. The van der Waals surface area contributed by atoms with Crippen LogP contribution in [-0.2, 0) is 39.0 Å². The van der Waals surface area contributed by atoms with Crippen molar-refractivity contribution in [3.63, 3.8) is 0 Å². The van der Waals surface area contributed by atoms with Gasteiger partial charge in [-0.25, -0.2) is 0 Å². The van der Waals surface area contributed by atoms with E-state index in [2.05, 4.69) is 0 Å². The smallest absolute Gasteiger partial charge is 0.464 e. The van der Waals surface area contributed by atoms with Gasteiger partial charge in [-0.05, 0) is 64.7 Å². The van der Waals surface area contributed by atoms with Crippen LogP contribution in [0.25, 0.3) is 0 Å². The highest BCUT2D eigenvalue weighted by molar-refractivity contribution is 7.54. The number of ether oxygens (including phenoxy) is 3. The van der Waals surface area contributed by atoms with Crippen LogP contribution in [-0.4, -0.2) is 64.6 Å². The van der Waals surface area contributed by atoms with Gasteiger partial charge >= 0.3 is 14.7 Å². The van der Waals surface area contributed by atoms with Crippen LogP contribution in [0.5, 0.6) is 5.75 Å². The van der Waals surface area contributed by atoms with Gasteiger partial charge in [0.15, 0.2) is 0 Å². The van der Waals surface area contributed by atoms with Gasteiger partial charge in [0.1, 0.15) is 5.75 Å². The average Bonchev–Trinajstić information content (AvgIpc) is 3.36. The molecule has 0 saturated carbocycles. The first-order valence-corrected chi connectivity index (χ1v) is 13.7. The standard InChI is InChI=1S/C24H40BO8P/c1-23(2)24(3,4)33-25(32-23)21(17-34(26,28-6)29-7)22-13-12-20(31-22)14-15-30-16-18-8-10-19(27-5)11-9-18/h8-11,20-22H,12-17H2,1-7H3/t20-,21?,22-/m1/s1. The number of methoxy groups -OCH3 is 1. The van der Waals surface area contributed by atoms with E-state index in [1.165, 1.54) is 14.2 Å². The van der Waals surface area contributed by atoms with Crippen molar-refractivity contribution in [2.75, 3.05) is 34.1 Å². The Labute approximate surface area is 204 Å². The fourth-order valence-electron chi connectivity index (χ4n) is 4.31. The molecule has 34 heavy (non-hydrogen) atoms. The van der Waals surface area contributed by atoms with E-state index >= 15 is 0 Å². The van der Waals surface area contributed by atoms with Gasteiger partial charge in [0.2, 0.25) is 0 Å². The van der Waals surface area contributed by atoms with Crippen LogP contribution in [0.1, 0.15) is 52.5 Å². The summed E-state index contributed by atoms with van der Waals surface area (Å²) in [5, 5.41) is 0. The second-order valence-corrected chi connectivity index (χ2v) is 12.3. The quantitative estimate of drug-likeness (QED) is 0.224. The van der Waals surface area contributed by atoms with Crippen molar-refractivity contribution in [1.29, 1.82) is 0 Å². The van der Waals surface area contributed by atoms with E-state index in [-0.39, 0.29) is 24.2 Å². The first-order chi connectivity index (χ1) is 16.0. The minimum Gasteiger partial charge on any atom is -0.497 e. The minimum absolute atomic E-state index is 0.0651. The molecule has 0 radical (unpaired) electrons. The molecule has 2 aliphatic rings. The summed E-state index contributed by atoms with van der Waals surface area (Å²) in [6.07, 6.45) is 2.58. The van der Waals surface area contributed by atoms with E-state index in [0.717, 1.165) is 30.6 Å². The van der Waals surface area contributed by atoms with Crippen molar-refractivity contribution in [3.05, 3.63) is 29.8 Å². The van der Waals surface area contributed by atoms with Crippen molar-refractivity contribution in [1.82, 2.24) is 0 Å². The molecule has 3 atom stereocenters. The molecular formula is C24H40BO8P. The van der Waals surface area contributed by atoms with Gasteiger partial charge in [-0.15, -0.1) is 0 Å². The van der Waals surface area contributed by atoms with Crippen molar-refractivity contribution in [2.45, 2.75) is 82.8 Å². The molecule has 0 aliphatic carbocycles. The second-order valence-electron chi connectivity index (χ2n) is 10.0. The molecule has 0 N–H and O–H groups in total. The summed E-state index contributed by atoms with van der Waals surface area (Å²) in [6, 6.07) is 7.86. The van der Waals surface area contributed by atoms with Crippen molar-refractivity contribution >= 4 is 14.7 Å². The van der Waals surface area contributed by atoms with Crippen molar-refractivity contribution in [2.24, 2.45) is 0 Å². The first-order valence-electron chi connectivity index (χ1n) is 11.9. The molecule has 0 amide bonds. The minimum atomic E-state index is -3.29. The Hall–Kier alpha value is -0.925. The van der Waals surface area contributed by atoms with Gasteiger partial charge < -0.3 is 32.6 Å². The normalized spacial score (nSPS) is 25.0. The summed E-state index contributed by atoms with van der Waals surface area (Å²) in [5.41, 5.74) is 0.113. The average molecular weight is 498 g/mol. The van der Waals surface area contributed by atoms with Gasteiger partial charge in [0, 0.05) is 26.6 Å². The highest BCUT2D eigenvalue weighted by Crippen LogP contribution is 2.54. The van der Waals surface area contributed by atoms with E-state index in [1.807, 2.05) is 52.0 Å². The third kappa shape index (κ3) is 6.64. The van der Waals surface area contributed by atoms with Gasteiger partial charge in [-0.1, -0.05) is 12.1 Å². The number of hydrogen-bond acceptors (Lipinski definition) is 8. The Morgan fingerprint density at radius 3 is 2.21 bits per heavy atom. The van der Waals surface area contributed by atoms with Gasteiger partial charge in [-0.3, -0.25) is 4.57 Å². The summed E-state index contributed by atoms with van der Waals surface area (Å²) in [7, 11) is 0.625. The van der Waals surface area contributed by atoms with Crippen LogP contribution >= 0.6 is 7.60 Å². The molecule has 1 aromatic carbocycles. The van der Waals surface area contributed by atoms with Crippen LogP contribution in [0.3, 0.4) is 0 Å². The fourth-order valence-corrected chi connectivity index (χ4v) is 5.68. The molecule has 1 aromatic rings. The molecular weight excluding hydrogens is 458 g/mol. The maximum absolute atomic E-state index is 13.0. The zero-order valence-electron chi connectivity index (χ0n) is 21.6. The predicted molar refractivity (Wildman–Crippen MR) is 131 cm³/mol. The molecule has 3 rings (SSSR count). The molecule has 10 heteroatoms. The molecule has 2 saturated heterocycles. The molecule has 192 valence electrons. The highest BCUT2D eigenvalue weighted by Gasteiger charge is 2.57. The lowest BCUT2D eigenvalue weighted by molar-refractivity contribution is 0.00578. The molecule has 2 fully saturated rings. The van der Waals surface area contributed by atoms with Crippen LogP contribution in [0.15, 0.2) is 24.3 Å². The molecule has 1 unspecified atom stereocenters. The van der Waals surface area contributed by atoms with E-state index in [0.29, 0.717) is 13.2 Å². The second kappa shape index (κ2) is 11.4. The highest BCUT2D eigenvalue weighted by atomic mass is 31.2. The number of rotatable bonds is 12. The summed E-state index contributed by atoms with van der Waals surface area (Å²) in [5.74, 6) is 0.550. The van der Waals surface area contributed by atoms with Crippen LogP contribution in [0.4, 0.5) is 0 Å². The Kier molecular flexibility index (Phi) is 9.29. The summed E-state index contributed by atoms with van der Waals surface area (Å²) >= 11 is 0. The maximum Gasteiger partial charge on any atom is 0.464 e. The molecule has 2 heterocycles. The maximum atomic E-state index is 13.0. The van der Waals surface area contributed by atoms with E-state index in [9.17, 15) is 4.57 Å². The Morgan fingerprint density at radius 1 is 1.03 bits per heavy atom. The van der Waals surface area contributed by atoms with Gasteiger partial charge in [0.05, 0.1) is 43.3 Å². The van der Waals surface area contributed by atoms with Crippen molar-refractivity contribution < 1.29 is 37.1 Å². The van der Waals surface area contributed by atoms with E-state index in [1.54, 1.807) is 7.11 Å². The lowest BCUT2D eigenvalue weighted by Gasteiger charge is -2.32. The largest absolute Gasteiger partial charge is 0.497 e. The van der Waals surface area contributed by atoms with E-state index in [4.69, 9.17) is 32.6 Å². The molecule has 2 aliphatic heterocycles. The van der Waals surface area contributed by atoms with E-state index < -0.39 is 25.9 Å². The molecule has 0 spiro atoms. The van der Waals surface area contributed by atoms with Gasteiger partial charge in [0.25, 0.3) is 0 Å². The first kappa shape index (κ1) is 27.7. The van der Waals surface area contributed by atoms with Crippen LogP contribution in [0.2, 0.25) is 5.82 Å². The number of benzene rings is 1. The SMILES string of the molecule is COc1ccc(COCC[C@H]2CC[C@H](C(CP(=O)(OC)OC)B3OC(C)(C)C(C)(C)O3)O2)cc1. The molecule has 0 bridgehead atoms. The molecule has 0 aromatic heterocycles. The predicted octanol–water partition coefficient (Wildman–Crippen LogP) is 5.10. The Balaban J connectivity index is 1.56. The lowest BCUT2D eigenvalue weighted by Crippen LogP contribution is -2.41. The Bertz CT molecular complexity index is 807.